The van der Waals surface area contributed by atoms with Crippen molar-refractivity contribution in [2.24, 2.45) is 0 Å². The molecule has 0 radical (unpaired) electrons. The average Bonchev–Trinajstić information content (AvgIpc) is 2.50. The third-order valence-electron chi connectivity index (χ3n) is 3.22. The summed E-state index contributed by atoms with van der Waals surface area (Å²) in [5.74, 6) is 0. The summed E-state index contributed by atoms with van der Waals surface area (Å²) in [6, 6.07) is 2.11. The maximum atomic E-state index is 11.2. The van der Waals surface area contributed by atoms with Gasteiger partial charge in [-0.05, 0) is 12.8 Å². The summed E-state index contributed by atoms with van der Waals surface area (Å²) in [6.07, 6.45) is 11.3. The molecule has 82 valence electrons. The van der Waals surface area contributed by atoms with Crippen LogP contribution in [0.15, 0.2) is 23.3 Å². The van der Waals surface area contributed by atoms with Crippen LogP contribution in [0.5, 0.6) is 0 Å². The molecule has 0 aromatic carbocycles. The fourth-order valence-corrected chi connectivity index (χ4v) is 2.30. The lowest BCUT2D eigenvalue weighted by Crippen LogP contribution is -2.14. The molecule has 0 spiro atoms. The van der Waals surface area contributed by atoms with Gasteiger partial charge in [-0.25, -0.2) is 0 Å². The van der Waals surface area contributed by atoms with E-state index in [4.69, 9.17) is 5.73 Å². The summed E-state index contributed by atoms with van der Waals surface area (Å²) in [7, 11) is 0. The normalized spacial score (nSPS) is 18.7. The number of nitrogen functional groups attached to an aromatic ring is 1. The SMILES string of the molecule is Nc1cn(C2CCCCCC2)ccc1=O. The quantitative estimate of drug-likeness (QED) is 0.717. The highest BCUT2D eigenvalue weighted by molar-refractivity contribution is 5.33. The van der Waals surface area contributed by atoms with Crippen LogP contribution in [-0.2, 0) is 0 Å². The van der Waals surface area contributed by atoms with E-state index in [1.165, 1.54) is 38.5 Å². The van der Waals surface area contributed by atoms with Crippen molar-refractivity contribution in [3.63, 3.8) is 0 Å². The second-order valence-corrected chi connectivity index (χ2v) is 4.36. The van der Waals surface area contributed by atoms with Crippen molar-refractivity contribution in [2.75, 3.05) is 5.73 Å². The van der Waals surface area contributed by atoms with Gasteiger partial charge in [0.1, 0.15) is 0 Å². The Bertz CT molecular complexity index is 375. The van der Waals surface area contributed by atoms with Crippen molar-refractivity contribution >= 4 is 5.69 Å². The third kappa shape index (κ3) is 2.41. The molecule has 1 saturated carbocycles. The highest BCUT2D eigenvalue weighted by Gasteiger charge is 2.13. The predicted octanol–water partition coefficient (Wildman–Crippen LogP) is 2.33. The molecular weight excluding hydrogens is 188 g/mol. The molecule has 0 amide bonds. The highest BCUT2D eigenvalue weighted by atomic mass is 16.1. The van der Waals surface area contributed by atoms with E-state index >= 15 is 0 Å². The van der Waals surface area contributed by atoms with Crippen molar-refractivity contribution in [3.05, 3.63) is 28.7 Å². The van der Waals surface area contributed by atoms with Crippen LogP contribution in [0.1, 0.15) is 44.6 Å². The number of hydrogen-bond acceptors (Lipinski definition) is 2. The molecular formula is C12H18N2O. The Hall–Kier alpha value is -1.25. The summed E-state index contributed by atoms with van der Waals surface area (Å²) in [5.41, 5.74) is 5.93. The summed E-state index contributed by atoms with van der Waals surface area (Å²) >= 11 is 0. The third-order valence-corrected chi connectivity index (χ3v) is 3.22. The summed E-state index contributed by atoms with van der Waals surface area (Å²) in [5, 5.41) is 0. The molecule has 2 N–H and O–H groups in total. The second kappa shape index (κ2) is 4.51. The first-order chi connectivity index (χ1) is 7.27. The molecule has 2 rings (SSSR count). The topological polar surface area (TPSA) is 48.0 Å². The van der Waals surface area contributed by atoms with E-state index in [1.54, 1.807) is 12.3 Å². The van der Waals surface area contributed by atoms with Crippen LogP contribution in [0.4, 0.5) is 5.69 Å². The van der Waals surface area contributed by atoms with E-state index in [2.05, 4.69) is 4.57 Å². The van der Waals surface area contributed by atoms with Gasteiger partial charge >= 0.3 is 0 Å². The van der Waals surface area contributed by atoms with Crippen molar-refractivity contribution in [1.29, 1.82) is 0 Å². The smallest absolute Gasteiger partial charge is 0.204 e. The maximum absolute atomic E-state index is 11.2. The molecule has 1 aliphatic carbocycles. The van der Waals surface area contributed by atoms with Crippen LogP contribution in [0.3, 0.4) is 0 Å². The number of pyridine rings is 1. The van der Waals surface area contributed by atoms with Crippen LogP contribution in [0.2, 0.25) is 0 Å². The molecule has 1 aliphatic rings. The van der Waals surface area contributed by atoms with E-state index in [1.807, 2.05) is 6.20 Å². The molecule has 0 bridgehead atoms. The monoisotopic (exact) mass is 206 g/mol. The Kier molecular flexibility index (Phi) is 3.09. The number of hydrogen-bond donors (Lipinski definition) is 1. The van der Waals surface area contributed by atoms with E-state index in [0.717, 1.165) is 0 Å². The molecule has 0 unspecified atom stereocenters. The lowest BCUT2D eigenvalue weighted by Gasteiger charge is -2.18. The van der Waals surface area contributed by atoms with Crippen LogP contribution < -0.4 is 11.2 Å². The first-order valence-corrected chi connectivity index (χ1v) is 5.74. The Labute approximate surface area is 89.9 Å². The van der Waals surface area contributed by atoms with E-state index < -0.39 is 0 Å². The number of rotatable bonds is 1. The number of aromatic nitrogens is 1. The van der Waals surface area contributed by atoms with Gasteiger partial charge in [-0.1, -0.05) is 25.7 Å². The van der Waals surface area contributed by atoms with Gasteiger partial charge in [-0.2, -0.15) is 0 Å². The summed E-state index contributed by atoms with van der Waals surface area (Å²) in [4.78, 5) is 11.2. The zero-order chi connectivity index (χ0) is 10.7. The zero-order valence-corrected chi connectivity index (χ0v) is 8.98. The molecule has 1 fully saturated rings. The van der Waals surface area contributed by atoms with Crippen LogP contribution in [0.25, 0.3) is 0 Å². The first kappa shape index (κ1) is 10.3. The summed E-state index contributed by atoms with van der Waals surface area (Å²) in [6.45, 7) is 0. The summed E-state index contributed by atoms with van der Waals surface area (Å²) < 4.78 is 2.11. The highest BCUT2D eigenvalue weighted by Crippen LogP contribution is 2.26. The van der Waals surface area contributed by atoms with Crippen LogP contribution >= 0.6 is 0 Å². The van der Waals surface area contributed by atoms with Gasteiger partial charge in [0.25, 0.3) is 0 Å². The van der Waals surface area contributed by atoms with Crippen LogP contribution in [-0.4, -0.2) is 4.57 Å². The van der Waals surface area contributed by atoms with Gasteiger partial charge in [-0.3, -0.25) is 4.79 Å². The fourth-order valence-electron chi connectivity index (χ4n) is 2.30. The van der Waals surface area contributed by atoms with E-state index in [0.29, 0.717) is 11.7 Å². The molecule has 1 aromatic heterocycles. The molecule has 1 aromatic rings. The number of anilines is 1. The number of nitrogens with zero attached hydrogens (tertiary/aromatic N) is 1. The zero-order valence-electron chi connectivity index (χ0n) is 8.98. The minimum Gasteiger partial charge on any atom is -0.394 e. The second-order valence-electron chi connectivity index (χ2n) is 4.36. The van der Waals surface area contributed by atoms with E-state index in [-0.39, 0.29) is 5.43 Å². The lowest BCUT2D eigenvalue weighted by atomic mass is 10.1. The average molecular weight is 206 g/mol. The van der Waals surface area contributed by atoms with Crippen molar-refractivity contribution in [2.45, 2.75) is 44.6 Å². The maximum Gasteiger partial charge on any atom is 0.204 e. The molecule has 3 nitrogen and oxygen atoms in total. The minimum atomic E-state index is -0.0696. The van der Waals surface area contributed by atoms with Crippen LogP contribution in [0, 0.1) is 0 Å². The first-order valence-electron chi connectivity index (χ1n) is 5.74. The Balaban J connectivity index is 2.20. The molecule has 0 atom stereocenters. The molecule has 0 saturated heterocycles. The van der Waals surface area contributed by atoms with Gasteiger partial charge in [-0.15, -0.1) is 0 Å². The molecule has 0 aliphatic heterocycles. The van der Waals surface area contributed by atoms with Gasteiger partial charge < -0.3 is 10.3 Å². The fraction of sp³-hybridized carbons (Fsp3) is 0.583. The lowest BCUT2D eigenvalue weighted by molar-refractivity contribution is 0.442. The molecule has 1 heterocycles. The molecule has 15 heavy (non-hydrogen) atoms. The predicted molar refractivity (Wildman–Crippen MR) is 61.9 cm³/mol. The van der Waals surface area contributed by atoms with E-state index in [9.17, 15) is 4.79 Å². The van der Waals surface area contributed by atoms with Gasteiger partial charge in [0, 0.05) is 24.5 Å². The largest absolute Gasteiger partial charge is 0.394 e. The van der Waals surface area contributed by atoms with Crippen molar-refractivity contribution in [3.8, 4) is 0 Å². The van der Waals surface area contributed by atoms with Crippen molar-refractivity contribution in [1.82, 2.24) is 4.57 Å². The molecule has 3 heteroatoms. The minimum absolute atomic E-state index is 0.0696. The van der Waals surface area contributed by atoms with Crippen molar-refractivity contribution < 1.29 is 0 Å². The standard InChI is InChI=1S/C12H18N2O/c13-11-9-14(8-7-12(11)15)10-5-3-1-2-4-6-10/h7-10H,1-6,13H2. The Morgan fingerprint density at radius 2 is 1.87 bits per heavy atom. The Morgan fingerprint density at radius 1 is 1.20 bits per heavy atom. The van der Waals surface area contributed by atoms with Gasteiger partial charge in [0.05, 0.1) is 5.69 Å². The Morgan fingerprint density at radius 3 is 2.47 bits per heavy atom. The van der Waals surface area contributed by atoms with Gasteiger partial charge in [0.2, 0.25) is 5.43 Å². The van der Waals surface area contributed by atoms with Gasteiger partial charge in [0.15, 0.2) is 0 Å². The number of nitrogens with two attached hydrogens (primary N) is 1.